The summed E-state index contributed by atoms with van der Waals surface area (Å²) in [6, 6.07) is 4.36. The molecular formula is C26H38N4O4. The van der Waals surface area contributed by atoms with Crippen LogP contribution in [0.3, 0.4) is 0 Å². The Morgan fingerprint density at radius 1 is 1.18 bits per heavy atom. The number of hydrogen-bond acceptors (Lipinski definition) is 6. The van der Waals surface area contributed by atoms with Gasteiger partial charge >= 0.3 is 12.1 Å². The van der Waals surface area contributed by atoms with Crippen LogP contribution in [-0.2, 0) is 9.47 Å². The number of aryl methyl sites for hydroxylation is 1. The topological polar surface area (TPSA) is 96.5 Å². The lowest BCUT2D eigenvalue weighted by Crippen LogP contribution is -2.45. The van der Waals surface area contributed by atoms with Crippen molar-refractivity contribution in [2.45, 2.75) is 84.9 Å². The Hall–Kier alpha value is -3.03. The van der Waals surface area contributed by atoms with Crippen LogP contribution in [0.25, 0.3) is 11.4 Å². The fourth-order valence-corrected chi connectivity index (χ4v) is 4.65. The molecule has 34 heavy (non-hydrogen) atoms. The van der Waals surface area contributed by atoms with Crippen LogP contribution >= 0.6 is 0 Å². The molecule has 8 heteroatoms. The van der Waals surface area contributed by atoms with Crippen LogP contribution in [0, 0.1) is 13.8 Å². The number of hydrogen-bond donors (Lipinski definition) is 2. The fourth-order valence-electron chi connectivity index (χ4n) is 4.65. The van der Waals surface area contributed by atoms with Gasteiger partial charge in [0, 0.05) is 41.8 Å². The molecule has 1 saturated carbocycles. The average Bonchev–Trinajstić information content (AvgIpc) is 3.21. The van der Waals surface area contributed by atoms with Crippen LogP contribution in [0.5, 0.6) is 0 Å². The van der Waals surface area contributed by atoms with E-state index in [0.29, 0.717) is 11.6 Å². The molecule has 2 N–H and O–H groups in total. The zero-order valence-corrected chi connectivity index (χ0v) is 21.4. The number of alkyl carbamates (subject to hydrolysis) is 1. The summed E-state index contributed by atoms with van der Waals surface area (Å²) in [4.78, 5) is 34.9. The summed E-state index contributed by atoms with van der Waals surface area (Å²) in [6.45, 7) is 12.5. The smallest absolute Gasteiger partial charge is 0.407 e. The number of aromatic nitrogens is 2. The summed E-state index contributed by atoms with van der Waals surface area (Å²) in [6.07, 6.45) is 5.05. The van der Waals surface area contributed by atoms with E-state index in [-0.39, 0.29) is 18.1 Å². The zero-order valence-electron chi connectivity index (χ0n) is 21.4. The minimum Gasteiger partial charge on any atom is -0.465 e. The van der Waals surface area contributed by atoms with Crippen LogP contribution in [0.15, 0.2) is 18.3 Å². The Morgan fingerprint density at radius 3 is 2.38 bits per heavy atom. The van der Waals surface area contributed by atoms with Crippen molar-refractivity contribution < 1.29 is 19.1 Å². The van der Waals surface area contributed by atoms with Gasteiger partial charge in [0.1, 0.15) is 11.4 Å². The lowest BCUT2D eigenvalue weighted by Gasteiger charge is -2.39. The third kappa shape index (κ3) is 6.10. The number of methoxy groups -OCH3 is 1. The largest absolute Gasteiger partial charge is 0.465 e. The van der Waals surface area contributed by atoms with Crippen LogP contribution in [0.1, 0.15) is 75.0 Å². The highest BCUT2D eigenvalue weighted by molar-refractivity contribution is 5.94. The molecule has 1 fully saturated rings. The highest BCUT2D eigenvalue weighted by atomic mass is 16.6. The molecule has 186 valence electrons. The number of amides is 1. The lowest BCUT2D eigenvalue weighted by molar-refractivity contribution is 0.0490. The van der Waals surface area contributed by atoms with Gasteiger partial charge in [-0.3, -0.25) is 0 Å². The Bertz CT molecular complexity index is 1020. The number of nitrogens with one attached hydrogen (secondary N) is 2. The molecule has 8 nitrogen and oxygen atoms in total. The first kappa shape index (κ1) is 25.6. The number of esters is 1. The molecule has 0 atom stereocenters. The van der Waals surface area contributed by atoms with Gasteiger partial charge in [-0.05, 0) is 84.9 Å². The first-order valence-corrected chi connectivity index (χ1v) is 12.0. The molecule has 1 aliphatic carbocycles. The number of H-pyrrole nitrogens is 1. The molecule has 1 heterocycles. The number of carbonyl (C=O) groups is 2. The van der Waals surface area contributed by atoms with Crippen LogP contribution in [0.2, 0.25) is 0 Å². The zero-order chi connectivity index (χ0) is 25.0. The Morgan fingerprint density at radius 2 is 1.85 bits per heavy atom. The number of aromatic amines is 1. The molecule has 0 saturated heterocycles. The van der Waals surface area contributed by atoms with E-state index in [1.165, 1.54) is 7.11 Å². The Balaban J connectivity index is 1.82. The molecule has 0 radical (unpaired) electrons. The number of ether oxygens (including phenoxy) is 2. The van der Waals surface area contributed by atoms with E-state index in [2.05, 4.69) is 33.2 Å². The monoisotopic (exact) mass is 470 g/mol. The SMILES string of the molecule is CCN(c1cc(-c2ncc(C)[nH]2)cc(C(=O)OC)c1C)C1CCC(NC(=O)OC(C)(C)C)CC1. The maximum atomic E-state index is 12.6. The number of nitrogens with zero attached hydrogens (tertiary/aromatic N) is 2. The number of benzene rings is 1. The fraction of sp³-hybridized carbons (Fsp3) is 0.577. The van der Waals surface area contributed by atoms with Gasteiger partial charge in [0.2, 0.25) is 0 Å². The summed E-state index contributed by atoms with van der Waals surface area (Å²) in [7, 11) is 1.40. The van der Waals surface area contributed by atoms with Gasteiger partial charge in [-0.1, -0.05) is 0 Å². The maximum Gasteiger partial charge on any atom is 0.407 e. The van der Waals surface area contributed by atoms with Crippen molar-refractivity contribution in [2.24, 2.45) is 0 Å². The van der Waals surface area contributed by atoms with Crippen molar-refractivity contribution in [3.05, 3.63) is 35.2 Å². The number of carbonyl (C=O) groups excluding carboxylic acids is 2. The Kier molecular flexibility index (Phi) is 7.89. The van der Waals surface area contributed by atoms with Crippen LogP contribution in [0.4, 0.5) is 10.5 Å². The average molecular weight is 471 g/mol. The molecule has 2 aromatic rings. The normalized spacial score (nSPS) is 18.3. The molecular weight excluding hydrogens is 432 g/mol. The number of imidazole rings is 1. The van der Waals surface area contributed by atoms with E-state index in [9.17, 15) is 9.59 Å². The summed E-state index contributed by atoms with van der Waals surface area (Å²) in [5, 5.41) is 3.02. The molecule has 1 aromatic carbocycles. The third-order valence-electron chi connectivity index (χ3n) is 6.27. The second-order valence-corrected chi connectivity index (χ2v) is 10.0. The second kappa shape index (κ2) is 10.5. The maximum absolute atomic E-state index is 12.6. The van der Waals surface area contributed by atoms with Gasteiger partial charge in [-0.15, -0.1) is 0 Å². The highest BCUT2D eigenvalue weighted by Crippen LogP contribution is 2.34. The third-order valence-corrected chi connectivity index (χ3v) is 6.27. The van der Waals surface area contributed by atoms with Gasteiger partial charge in [0.25, 0.3) is 0 Å². The summed E-state index contributed by atoms with van der Waals surface area (Å²) >= 11 is 0. The molecule has 0 aliphatic heterocycles. The predicted molar refractivity (Wildman–Crippen MR) is 133 cm³/mol. The summed E-state index contributed by atoms with van der Waals surface area (Å²) in [5.74, 6) is 0.371. The van der Waals surface area contributed by atoms with Gasteiger partial charge in [0.05, 0.1) is 12.7 Å². The van der Waals surface area contributed by atoms with Crippen molar-refractivity contribution in [2.75, 3.05) is 18.6 Å². The number of anilines is 1. The minimum atomic E-state index is -0.507. The van der Waals surface area contributed by atoms with Crippen molar-refractivity contribution in [3.63, 3.8) is 0 Å². The van der Waals surface area contributed by atoms with Gasteiger partial charge in [-0.2, -0.15) is 0 Å². The lowest BCUT2D eigenvalue weighted by atomic mass is 9.89. The minimum absolute atomic E-state index is 0.106. The standard InChI is InChI=1S/C26H38N4O4/c1-8-30(20-11-9-19(10-12-20)29-25(32)34-26(4,5)6)22-14-18(23-27-15-16(2)28-23)13-21(17(22)3)24(31)33-7/h13-15,19-20H,8-12H2,1-7H3,(H,27,28)(H,29,32). The first-order valence-electron chi connectivity index (χ1n) is 12.0. The quantitative estimate of drug-likeness (QED) is 0.567. The van der Waals surface area contributed by atoms with Crippen LogP contribution in [-0.4, -0.2) is 53.4 Å². The Labute approximate surface area is 202 Å². The van der Waals surface area contributed by atoms with E-state index in [4.69, 9.17) is 9.47 Å². The molecule has 1 aromatic heterocycles. The first-order chi connectivity index (χ1) is 16.0. The molecule has 3 rings (SSSR count). The second-order valence-electron chi connectivity index (χ2n) is 10.0. The van der Waals surface area contributed by atoms with E-state index < -0.39 is 5.60 Å². The molecule has 1 aliphatic rings. The van der Waals surface area contributed by atoms with E-state index >= 15 is 0 Å². The summed E-state index contributed by atoms with van der Waals surface area (Å²) < 4.78 is 10.5. The molecule has 0 bridgehead atoms. The predicted octanol–water partition coefficient (Wildman–Crippen LogP) is 5.14. The highest BCUT2D eigenvalue weighted by Gasteiger charge is 2.29. The van der Waals surface area contributed by atoms with E-state index in [1.54, 1.807) is 6.20 Å². The van der Waals surface area contributed by atoms with Crippen molar-refractivity contribution in [3.8, 4) is 11.4 Å². The molecule has 0 unspecified atom stereocenters. The van der Waals surface area contributed by atoms with Gasteiger partial charge in [0.15, 0.2) is 0 Å². The van der Waals surface area contributed by atoms with E-state index in [1.807, 2.05) is 40.7 Å². The molecule has 0 spiro atoms. The van der Waals surface area contributed by atoms with Crippen molar-refractivity contribution in [1.82, 2.24) is 15.3 Å². The van der Waals surface area contributed by atoms with Crippen molar-refractivity contribution in [1.29, 1.82) is 0 Å². The van der Waals surface area contributed by atoms with Crippen molar-refractivity contribution >= 4 is 17.7 Å². The summed E-state index contributed by atoms with van der Waals surface area (Å²) in [5.41, 5.74) is 3.76. The molecule has 1 amide bonds. The van der Waals surface area contributed by atoms with Gasteiger partial charge in [-0.25, -0.2) is 14.6 Å². The van der Waals surface area contributed by atoms with Crippen LogP contribution < -0.4 is 10.2 Å². The van der Waals surface area contributed by atoms with E-state index in [0.717, 1.165) is 60.6 Å². The van der Waals surface area contributed by atoms with Gasteiger partial charge < -0.3 is 24.7 Å². The number of rotatable bonds is 6.